The fraction of sp³-hybridized carbons (Fsp3) is 0.846. The Hall–Kier alpha value is -1.14. The predicted octanol–water partition coefficient (Wildman–Crippen LogP) is 0.822. The van der Waals surface area contributed by atoms with Crippen LogP contribution in [0, 0.1) is 5.41 Å². The van der Waals surface area contributed by atoms with E-state index in [1.54, 1.807) is 13.8 Å². The maximum Gasteiger partial charge on any atom is 0.508 e. The van der Waals surface area contributed by atoms with Crippen LogP contribution in [0.1, 0.15) is 20.8 Å². The average molecular weight is 276 g/mol. The maximum absolute atomic E-state index is 11.4. The standard InChI is InChI=1S/C13H26NO5/c1-10(15)11(16)13(2,3)9-19-12(17)18-8-7-14(4,5)6/h11,16H,7-9H2,1-6H3/q+1. The molecule has 0 aromatic heterocycles. The van der Waals surface area contributed by atoms with Crippen molar-refractivity contribution in [2.24, 2.45) is 5.41 Å². The van der Waals surface area contributed by atoms with Gasteiger partial charge in [0, 0.05) is 5.41 Å². The molecule has 0 fully saturated rings. The molecule has 1 unspecified atom stereocenters. The fourth-order valence-corrected chi connectivity index (χ4v) is 1.32. The third-order valence-electron chi connectivity index (χ3n) is 2.67. The van der Waals surface area contributed by atoms with E-state index in [4.69, 9.17) is 9.47 Å². The van der Waals surface area contributed by atoms with Crippen molar-refractivity contribution in [3.8, 4) is 0 Å². The van der Waals surface area contributed by atoms with Crippen LogP contribution in [0.15, 0.2) is 0 Å². The Morgan fingerprint density at radius 1 is 1.21 bits per heavy atom. The summed E-state index contributed by atoms with van der Waals surface area (Å²) in [6, 6.07) is 0. The molecule has 0 saturated carbocycles. The molecule has 1 atom stereocenters. The highest BCUT2D eigenvalue weighted by atomic mass is 16.7. The first-order valence-corrected chi connectivity index (χ1v) is 6.24. The van der Waals surface area contributed by atoms with Crippen molar-refractivity contribution >= 4 is 11.9 Å². The largest absolute Gasteiger partial charge is 0.508 e. The number of nitrogens with zero attached hydrogens (tertiary/aromatic N) is 1. The SMILES string of the molecule is CC(=O)C(O)C(C)(C)COC(=O)OCC[N+](C)(C)C. The minimum atomic E-state index is -1.16. The lowest BCUT2D eigenvalue weighted by Gasteiger charge is -2.28. The first-order chi connectivity index (χ1) is 8.46. The zero-order chi connectivity index (χ0) is 15.3. The zero-order valence-corrected chi connectivity index (χ0v) is 12.7. The van der Waals surface area contributed by atoms with E-state index in [1.807, 2.05) is 21.1 Å². The molecular formula is C13H26NO5+. The third-order valence-corrected chi connectivity index (χ3v) is 2.67. The van der Waals surface area contributed by atoms with Gasteiger partial charge < -0.3 is 19.1 Å². The Balaban J connectivity index is 4.06. The molecule has 0 aliphatic carbocycles. The minimum absolute atomic E-state index is 0.0725. The zero-order valence-electron chi connectivity index (χ0n) is 12.7. The van der Waals surface area contributed by atoms with Crippen LogP contribution in [0.2, 0.25) is 0 Å². The van der Waals surface area contributed by atoms with E-state index >= 15 is 0 Å². The van der Waals surface area contributed by atoms with Crippen molar-refractivity contribution in [3.05, 3.63) is 0 Å². The van der Waals surface area contributed by atoms with Crippen LogP contribution >= 0.6 is 0 Å². The second kappa shape index (κ2) is 6.86. The predicted molar refractivity (Wildman–Crippen MR) is 70.7 cm³/mol. The molecule has 0 amide bonds. The van der Waals surface area contributed by atoms with Crippen molar-refractivity contribution < 1.29 is 28.7 Å². The summed E-state index contributed by atoms with van der Waals surface area (Å²) in [4.78, 5) is 22.4. The Morgan fingerprint density at radius 2 is 1.74 bits per heavy atom. The first kappa shape index (κ1) is 17.9. The highest BCUT2D eigenvalue weighted by Crippen LogP contribution is 2.22. The first-order valence-electron chi connectivity index (χ1n) is 6.24. The molecule has 0 aromatic carbocycles. The second-order valence-corrected chi connectivity index (χ2v) is 6.40. The number of likely N-dealkylation sites (N-methyl/N-ethyl adjacent to an activating group) is 1. The lowest BCUT2D eigenvalue weighted by atomic mass is 9.85. The van der Waals surface area contributed by atoms with Gasteiger partial charge in [0.1, 0.15) is 25.9 Å². The number of Topliss-reactive ketones (excluding diaryl/α,β-unsaturated/α-hetero) is 1. The molecule has 0 saturated heterocycles. The molecule has 6 nitrogen and oxygen atoms in total. The summed E-state index contributed by atoms with van der Waals surface area (Å²) in [5, 5.41) is 9.67. The summed E-state index contributed by atoms with van der Waals surface area (Å²) < 4.78 is 10.5. The number of aliphatic hydroxyl groups is 1. The number of hydrogen-bond donors (Lipinski definition) is 1. The van der Waals surface area contributed by atoms with Gasteiger partial charge in [-0.1, -0.05) is 13.8 Å². The van der Waals surface area contributed by atoms with Crippen molar-refractivity contribution in [1.82, 2.24) is 0 Å². The summed E-state index contributed by atoms with van der Waals surface area (Å²) >= 11 is 0. The number of quaternary nitrogens is 1. The van der Waals surface area contributed by atoms with Crippen LogP contribution < -0.4 is 0 Å². The minimum Gasteiger partial charge on any atom is -0.434 e. The van der Waals surface area contributed by atoms with Gasteiger partial charge in [0.15, 0.2) is 5.78 Å². The number of rotatable bonds is 7. The van der Waals surface area contributed by atoms with E-state index in [2.05, 4.69) is 0 Å². The van der Waals surface area contributed by atoms with Crippen molar-refractivity contribution in [2.75, 3.05) is 40.9 Å². The molecule has 0 bridgehead atoms. The third kappa shape index (κ3) is 7.79. The van der Waals surface area contributed by atoms with Gasteiger partial charge in [-0.15, -0.1) is 0 Å². The summed E-state index contributed by atoms with van der Waals surface area (Å²) in [5.41, 5.74) is -0.828. The molecular weight excluding hydrogens is 250 g/mol. The number of carbonyl (C=O) groups is 2. The van der Waals surface area contributed by atoms with Gasteiger partial charge in [-0.2, -0.15) is 0 Å². The van der Waals surface area contributed by atoms with Gasteiger partial charge in [-0.05, 0) is 6.92 Å². The average Bonchev–Trinajstić information content (AvgIpc) is 2.23. The number of carbonyl (C=O) groups excluding carboxylic acids is 2. The van der Waals surface area contributed by atoms with E-state index < -0.39 is 17.7 Å². The Kier molecular flexibility index (Phi) is 6.45. The van der Waals surface area contributed by atoms with Crippen molar-refractivity contribution in [3.63, 3.8) is 0 Å². The summed E-state index contributed by atoms with van der Waals surface area (Å²) in [6.07, 6.45) is -1.94. The quantitative estimate of drug-likeness (QED) is 0.550. The van der Waals surface area contributed by atoms with Crippen LogP contribution in [0.3, 0.4) is 0 Å². The molecule has 0 heterocycles. The topological polar surface area (TPSA) is 72.8 Å². The molecule has 0 spiro atoms. The summed E-state index contributed by atoms with van der Waals surface area (Å²) in [5.74, 6) is -0.355. The monoisotopic (exact) mass is 276 g/mol. The molecule has 0 aliphatic rings. The molecule has 112 valence electrons. The van der Waals surface area contributed by atoms with Gasteiger partial charge in [0.2, 0.25) is 0 Å². The molecule has 0 aromatic rings. The summed E-state index contributed by atoms with van der Waals surface area (Å²) in [6.45, 7) is 5.46. The highest BCUT2D eigenvalue weighted by molar-refractivity contribution is 5.81. The summed E-state index contributed by atoms with van der Waals surface area (Å²) in [7, 11) is 5.96. The van der Waals surface area contributed by atoms with Crippen LogP contribution in [-0.2, 0) is 14.3 Å². The number of hydrogen-bond acceptors (Lipinski definition) is 5. The molecule has 0 radical (unpaired) electrons. The Labute approximate surface area is 114 Å². The van der Waals surface area contributed by atoms with E-state index in [1.165, 1.54) is 6.92 Å². The van der Waals surface area contributed by atoms with Crippen molar-refractivity contribution in [2.45, 2.75) is 26.9 Å². The lowest BCUT2D eigenvalue weighted by Crippen LogP contribution is -2.40. The van der Waals surface area contributed by atoms with Crippen LogP contribution in [0.25, 0.3) is 0 Å². The van der Waals surface area contributed by atoms with Gasteiger partial charge in [0.05, 0.1) is 21.1 Å². The Morgan fingerprint density at radius 3 is 2.16 bits per heavy atom. The highest BCUT2D eigenvalue weighted by Gasteiger charge is 2.33. The van der Waals surface area contributed by atoms with Crippen LogP contribution in [-0.4, -0.2) is 68.5 Å². The number of ether oxygens (including phenoxy) is 2. The van der Waals surface area contributed by atoms with Crippen molar-refractivity contribution in [1.29, 1.82) is 0 Å². The molecule has 0 aliphatic heterocycles. The normalized spacial score (nSPS) is 13.8. The number of ketones is 1. The van der Waals surface area contributed by atoms with E-state index in [0.29, 0.717) is 11.0 Å². The van der Waals surface area contributed by atoms with Gasteiger partial charge in [-0.3, -0.25) is 4.79 Å². The smallest absolute Gasteiger partial charge is 0.434 e. The van der Waals surface area contributed by atoms with Crippen LogP contribution in [0.4, 0.5) is 4.79 Å². The van der Waals surface area contributed by atoms with E-state index in [-0.39, 0.29) is 19.0 Å². The Bertz CT molecular complexity index is 319. The van der Waals surface area contributed by atoms with E-state index in [9.17, 15) is 14.7 Å². The molecule has 6 heteroatoms. The van der Waals surface area contributed by atoms with Gasteiger partial charge in [0.25, 0.3) is 0 Å². The van der Waals surface area contributed by atoms with Crippen LogP contribution in [0.5, 0.6) is 0 Å². The number of aliphatic hydroxyl groups excluding tert-OH is 1. The molecule has 19 heavy (non-hydrogen) atoms. The maximum atomic E-state index is 11.4. The fourth-order valence-electron chi connectivity index (χ4n) is 1.32. The molecule has 1 N–H and O–H groups in total. The van der Waals surface area contributed by atoms with E-state index in [0.717, 1.165) is 0 Å². The van der Waals surface area contributed by atoms with Gasteiger partial charge in [-0.25, -0.2) is 4.79 Å². The lowest BCUT2D eigenvalue weighted by molar-refractivity contribution is -0.870. The second-order valence-electron chi connectivity index (χ2n) is 6.40. The molecule has 0 rings (SSSR count). The van der Waals surface area contributed by atoms with Gasteiger partial charge >= 0.3 is 6.16 Å².